The predicted octanol–water partition coefficient (Wildman–Crippen LogP) is 7.43. The zero-order chi connectivity index (χ0) is 27.7. The summed E-state index contributed by atoms with van der Waals surface area (Å²) in [6.07, 6.45) is 15.1. The summed E-state index contributed by atoms with van der Waals surface area (Å²) in [5.41, 5.74) is 5.67. The average Bonchev–Trinajstić information content (AvgIpc) is 3.52. The van der Waals surface area contributed by atoms with Gasteiger partial charge in [0.05, 0.1) is 22.1 Å². The second kappa shape index (κ2) is 13.8. The van der Waals surface area contributed by atoms with E-state index in [-0.39, 0.29) is 6.79 Å². The zero-order valence-corrected chi connectivity index (χ0v) is 23.1. The number of rotatable bonds is 8. The van der Waals surface area contributed by atoms with E-state index in [9.17, 15) is 4.79 Å². The molecule has 2 aromatic rings. The van der Waals surface area contributed by atoms with Crippen molar-refractivity contribution in [2.24, 2.45) is 0 Å². The highest BCUT2D eigenvalue weighted by atomic mass is 35.5. The topological polar surface area (TPSA) is 73.6 Å². The normalized spacial score (nSPS) is 15.3. The molecule has 0 bridgehead atoms. The van der Waals surface area contributed by atoms with Crippen molar-refractivity contribution in [2.75, 3.05) is 13.9 Å². The third kappa shape index (κ3) is 7.04. The Morgan fingerprint density at radius 3 is 2.68 bits per heavy atom. The number of carbonyl (C=O) groups excluding carboxylic acids is 1. The van der Waals surface area contributed by atoms with Crippen molar-refractivity contribution >= 4 is 41.3 Å². The van der Waals surface area contributed by atoms with E-state index in [4.69, 9.17) is 42.9 Å². The third-order valence-corrected chi connectivity index (χ3v) is 6.26. The van der Waals surface area contributed by atoms with Crippen LogP contribution in [0, 0.1) is 0 Å². The first-order valence-electron chi connectivity index (χ1n) is 12.0. The zero-order valence-electron chi connectivity index (χ0n) is 21.6. The van der Waals surface area contributed by atoms with Crippen molar-refractivity contribution in [3.63, 3.8) is 0 Å². The van der Waals surface area contributed by atoms with E-state index in [2.05, 4.69) is 12.7 Å². The summed E-state index contributed by atoms with van der Waals surface area (Å²) < 4.78 is 12.9. The summed E-state index contributed by atoms with van der Waals surface area (Å²) in [5.74, 6) is 1.37. The lowest BCUT2D eigenvalue weighted by molar-refractivity contribution is -0.104. The van der Waals surface area contributed by atoms with Gasteiger partial charge in [-0.2, -0.15) is 5.10 Å². The lowest BCUT2D eigenvalue weighted by Crippen LogP contribution is -2.03. The van der Waals surface area contributed by atoms with Gasteiger partial charge in [-0.3, -0.25) is 4.79 Å². The lowest BCUT2D eigenvalue weighted by atomic mass is 10.0. The maximum Gasteiger partial charge on any atom is 0.231 e. The number of ether oxygens (including phenoxy) is 2. The SMILES string of the molecule is C=C(Cl)\C=C/C=C(CC)/C(C=O)=C\c1cc(-c2ccc3c(c2)OCO3)n(C2=C(Cl)C=CC(C)=CC2)n1.CO. The molecule has 2 aliphatic rings. The fourth-order valence-electron chi connectivity index (χ4n) is 3.90. The number of allylic oxidation sites excluding steroid dienone is 12. The van der Waals surface area contributed by atoms with Crippen LogP contribution in [0.1, 0.15) is 32.4 Å². The van der Waals surface area contributed by atoms with Gasteiger partial charge in [0.25, 0.3) is 0 Å². The van der Waals surface area contributed by atoms with Crippen LogP contribution in [-0.4, -0.2) is 35.1 Å². The van der Waals surface area contributed by atoms with E-state index >= 15 is 0 Å². The van der Waals surface area contributed by atoms with Crippen LogP contribution in [0.4, 0.5) is 0 Å². The van der Waals surface area contributed by atoms with Gasteiger partial charge in [-0.05, 0) is 61.4 Å². The Kier molecular flexibility index (Phi) is 10.5. The number of halogens is 2. The standard InChI is InChI=1S/C29H26Cl2N2O3.CH4O/c1-4-21(7-5-6-20(3)30)23(17-34)14-24-16-27(22-10-13-28-29(15-22)36-18-35-28)33(32-24)26-12-9-19(2)8-11-25(26)31;1-2/h5-11,13-17H,3-4,12,18H2,1-2H3;2H,1H3/b6-5-,21-7+,23-14-;. The molecule has 0 unspecified atom stereocenters. The number of fused-ring (bicyclic) bond motifs is 1. The second-order valence-corrected chi connectivity index (χ2v) is 9.18. The molecule has 0 fully saturated rings. The number of hydrogen-bond acceptors (Lipinski definition) is 5. The Bertz CT molecular complexity index is 1390. The molecule has 4 rings (SSSR count). The van der Waals surface area contributed by atoms with Gasteiger partial charge in [0, 0.05) is 29.7 Å². The van der Waals surface area contributed by atoms with E-state index in [0.29, 0.717) is 45.7 Å². The smallest absolute Gasteiger partial charge is 0.231 e. The summed E-state index contributed by atoms with van der Waals surface area (Å²) in [5, 5.41) is 12.9. The van der Waals surface area contributed by atoms with E-state index < -0.39 is 0 Å². The molecule has 1 aliphatic carbocycles. The highest BCUT2D eigenvalue weighted by Gasteiger charge is 2.20. The van der Waals surface area contributed by atoms with Crippen LogP contribution in [0.2, 0.25) is 0 Å². The number of carbonyl (C=O) groups is 1. The number of aromatic nitrogens is 2. The minimum atomic E-state index is 0.193. The maximum absolute atomic E-state index is 12.0. The number of nitrogens with zero attached hydrogens (tertiary/aromatic N) is 2. The second-order valence-electron chi connectivity index (χ2n) is 8.28. The number of benzene rings is 1. The summed E-state index contributed by atoms with van der Waals surface area (Å²) >= 11 is 12.5. The van der Waals surface area contributed by atoms with Gasteiger partial charge >= 0.3 is 0 Å². The number of aliphatic hydroxyl groups excluding tert-OH is 1. The van der Waals surface area contributed by atoms with Gasteiger partial charge in [-0.15, -0.1) is 0 Å². The minimum Gasteiger partial charge on any atom is -0.454 e. The van der Waals surface area contributed by atoms with Crippen LogP contribution in [0.25, 0.3) is 23.0 Å². The predicted molar refractivity (Wildman–Crippen MR) is 155 cm³/mol. The van der Waals surface area contributed by atoms with Gasteiger partial charge in [0.2, 0.25) is 6.79 Å². The highest BCUT2D eigenvalue weighted by Crippen LogP contribution is 2.38. The molecular formula is C30H30Cl2N2O4. The van der Waals surface area contributed by atoms with E-state index in [1.54, 1.807) is 18.2 Å². The first-order valence-corrected chi connectivity index (χ1v) is 12.7. The Balaban J connectivity index is 0.00000195. The summed E-state index contributed by atoms with van der Waals surface area (Å²) in [7, 11) is 1.00. The summed E-state index contributed by atoms with van der Waals surface area (Å²) in [4.78, 5) is 12.0. The van der Waals surface area contributed by atoms with Crippen molar-refractivity contribution in [2.45, 2.75) is 26.7 Å². The molecule has 0 radical (unpaired) electrons. The molecule has 0 spiro atoms. The summed E-state index contributed by atoms with van der Waals surface area (Å²) in [6.45, 7) is 7.86. The monoisotopic (exact) mass is 552 g/mol. The lowest BCUT2D eigenvalue weighted by Gasteiger charge is -2.12. The van der Waals surface area contributed by atoms with Crippen LogP contribution in [0.5, 0.6) is 11.5 Å². The van der Waals surface area contributed by atoms with Crippen molar-refractivity contribution in [3.05, 3.63) is 99.8 Å². The molecule has 1 aromatic heterocycles. The van der Waals surface area contributed by atoms with Crippen LogP contribution < -0.4 is 9.47 Å². The van der Waals surface area contributed by atoms with Gasteiger partial charge in [0.15, 0.2) is 11.5 Å². The van der Waals surface area contributed by atoms with Gasteiger partial charge < -0.3 is 14.6 Å². The highest BCUT2D eigenvalue weighted by molar-refractivity contribution is 6.33. The molecule has 6 nitrogen and oxygen atoms in total. The van der Waals surface area contributed by atoms with Crippen LogP contribution in [-0.2, 0) is 4.79 Å². The van der Waals surface area contributed by atoms with Crippen molar-refractivity contribution < 1.29 is 19.4 Å². The van der Waals surface area contributed by atoms with E-state index in [1.807, 2.05) is 61.0 Å². The maximum atomic E-state index is 12.0. The molecule has 0 saturated carbocycles. The Morgan fingerprint density at radius 2 is 1.97 bits per heavy atom. The molecule has 1 aromatic carbocycles. The molecule has 2 heterocycles. The fraction of sp³-hybridized carbons (Fsp3) is 0.200. The molecule has 0 saturated heterocycles. The number of aliphatic hydroxyl groups is 1. The Labute approximate surface area is 233 Å². The largest absolute Gasteiger partial charge is 0.454 e. The number of aldehydes is 1. The Hall–Kier alpha value is -3.58. The van der Waals surface area contributed by atoms with E-state index in [1.165, 1.54) is 0 Å². The fourth-order valence-corrected chi connectivity index (χ4v) is 4.19. The molecule has 0 atom stereocenters. The molecule has 0 amide bonds. The molecule has 1 aliphatic heterocycles. The number of hydrogen-bond donors (Lipinski definition) is 1. The Morgan fingerprint density at radius 1 is 1.21 bits per heavy atom. The molecule has 1 N–H and O–H groups in total. The van der Waals surface area contributed by atoms with Crippen molar-refractivity contribution in [1.82, 2.24) is 9.78 Å². The van der Waals surface area contributed by atoms with Crippen molar-refractivity contribution in [1.29, 1.82) is 0 Å². The van der Waals surface area contributed by atoms with Gasteiger partial charge in [0.1, 0.15) is 6.29 Å². The van der Waals surface area contributed by atoms with Crippen LogP contribution in [0.3, 0.4) is 0 Å². The molecule has 38 heavy (non-hydrogen) atoms. The average molecular weight is 553 g/mol. The van der Waals surface area contributed by atoms with Crippen molar-refractivity contribution in [3.8, 4) is 22.8 Å². The molecule has 198 valence electrons. The minimum absolute atomic E-state index is 0.193. The van der Waals surface area contributed by atoms with Gasteiger partial charge in [-0.1, -0.05) is 66.6 Å². The molecule has 8 heteroatoms. The summed E-state index contributed by atoms with van der Waals surface area (Å²) in [6, 6.07) is 7.70. The molecular weight excluding hydrogens is 523 g/mol. The first kappa shape index (κ1) is 29.0. The first-order chi connectivity index (χ1) is 18.4. The van der Waals surface area contributed by atoms with Crippen LogP contribution in [0.15, 0.2) is 94.1 Å². The third-order valence-electron chi connectivity index (χ3n) is 5.79. The quantitative estimate of drug-likeness (QED) is 0.209. The van der Waals surface area contributed by atoms with E-state index in [0.717, 1.165) is 41.5 Å². The van der Waals surface area contributed by atoms with Gasteiger partial charge in [-0.25, -0.2) is 4.68 Å². The van der Waals surface area contributed by atoms with Crippen LogP contribution >= 0.6 is 23.2 Å².